The highest BCUT2D eigenvalue weighted by molar-refractivity contribution is 6.31. The van der Waals surface area contributed by atoms with E-state index < -0.39 is 18.0 Å². The zero-order chi connectivity index (χ0) is 19.4. The highest BCUT2D eigenvalue weighted by Gasteiger charge is 2.17. The van der Waals surface area contributed by atoms with E-state index in [2.05, 4.69) is 10.3 Å². The average molecular weight is 404 g/mol. The van der Waals surface area contributed by atoms with Crippen molar-refractivity contribution >= 4 is 52.5 Å². The van der Waals surface area contributed by atoms with E-state index >= 15 is 0 Å². The minimum absolute atomic E-state index is 0.261. The molecule has 1 aromatic carbocycles. The van der Waals surface area contributed by atoms with Gasteiger partial charge in [-0.1, -0.05) is 35.3 Å². The first-order chi connectivity index (χ1) is 12.9. The Morgan fingerprint density at radius 1 is 1.22 bits per heavy atom. The standard InChI is InChI=1S/C19H15Cl2N3O3/c1-12(19(26)22-14-6-4-5-13(20)11-14)27-17(25)9-8-15-18(21)23-16-7-2-3-10-24(15)16/h2-12H,1H3,(H,22,26)/b9-8+/t12-/m1/s1. The van der Waals surface area contributed by atoms with E-state index in [-0.39, 0.29) is 5.15 Å². The van der Waals surface area contributed by atoms with Crippen LogP contribution in [0.25, 0.3) is 11.7 Å². The van der Waals surface area contributed by atoms with Crippen LogP contribution in [0.3, 0.4) is 0 Å². The predicted octanol–water partition coefficient (Wildman–Crippen LogP) is 4.22. The number of fused-ring (bicyclic) bond motifs is 1. The fourth-order valence-corrected chi connectivity index (χ4v) is 2.79. The molecular weight excluding hydrogens is 389 g/mol. The van der Waals surface area contributed by atoms with Gasteiger partial charge in [0.15, 0.2) is 11.3 Å². The predicted molar refractivity (Wildman–Crippen MR) is 105 cm³/mol. The quantitative estimate of drug-likeness (QED) is 0.511. The number of nitrogens with one attached hydrogen (secondary N) is 1. The minimum atomic E-state index is -0.987. The number of anilines is 1. The molecule has 0 saturated carbocycles. The number of nitrogens with zero attached hydrogens (tertiary/aromatic N) is 2. The second kappa shape index (κ2) is 8.24. The van der Waals surface area contributed by atoms with E-state index in [0.717, 1.165) is 0 Å². The van der Waals surface area contributed by atoms with Crippen LogP contribution in [0.1, 0.15) is 12.6 Å². The Bertz CT molecular complexity index is 1030. The van der Waals surface area contributed by atoms with Crippen molar-refractivity contribution in [1.29, 1.82) is 0 Å². The van der Waals surface area contributed by atoms with Gasteiger partial charge in [0.25, 0.3) is 5.91 Å². The van der Waals surface area contributed by atoms with Gasteiger partial charge >= 0.3 is 5.97 Å². The molecule has 6 nitrogen and oxygen atoms in total. The highest BCUT2D eigenvalue weighted by Crippen LogP contribution is 2.19. The summed E-state index contributed by atoms with van der Waals surface area (Å²) in [5, 5.41) is 3.38. The first-order valence-electron chi connectivity index (χ1n) is 8.02. The molecule has 0 radical (unpaired) electrons. The Balaban J connectivity index is 1.63. The number of benzene rings is 1. The van der Waals surface area contributed by atoms with Gasteiger partial charge in [0.05, 0.1) is 5.69 Å². The van der Waals surface area contributed by atoms with Crippen LogP contribution in [0.2, 0.25) is 10.2 Å². The summed E-state index contributed by atoms with van der Waals surface area (Å²) in [6.07, 6.45) is 3.48. The van der Waals surface area contributed by atoms with Crippen molar-refractivity contribution in [2.24, 2.45) is 0 Å². The Morgan fingerprint density at radius 2 is 2.04 bits per heavy atom. The summed E-state index contributed by atoms with van der Waals surface area (Å²) >= 11 is 12.0. The summed E-state index contributed by atoms with van der Waals surface area (Å²) in [5.74, 6) is -1.14. The molecule has 0 bridgehead atoms. The summed E-state index contributed by atoms with van der Waals surface area (Å²) < 4.78 is 6.86. The average Bonchev–Trinajstić information content (AvgIpc) is 2.95. The second-order valence-electron chi connectivity index (χ2n) is 5.63. The number of imidazole rings is 1. The largest absolute Gasteiger partial charge is 0.449 e. The second-order valence-corrected chi connectivity index (χ2v) is 6.42. The van der Waals surface area contributed by atoms with E-state index in [1.807, 2.05) is 12.1 Å². The van der Waals surface area contributed by atoms with Crippen molar-refractivity contribution in [2.75, 3.05) is 5.32 Å². The lowest BCUT2D eigenvalue weighted by Gasteiger charge is -2.12. The zero-order valence-corrected chi connectivity index (χ0v) is 15.7. The number of rotatable bonds is 5. The molecule has 0 spiro atoms. The van der Waals surface area contributed by atoms with E-state index in [0.29, 0.717) is 22.1 Å². The fraction of sp³-hybridized carbons (Fsp3) is 0.105. The summed E-state index contributed by atoms with van der Waals surface area (Å²) in [4.78, 5) is 28.3. The maximum absolute atomic E-state index is 12.1. The molecular formula is C19H15Cl2N3O3. The SMILES string of the molecule is C[C@@H](OC(=O)/C=C/c1c(Cl)nc2ccccn12)C(=O)Nc1cccc(Cl)c1. The molecule has 3 aromatic rings. The van der Waals surface area contributed by atoms with Crippen molar-refractivity contribution in [3.05, 3.63) is 70.6 Å². The fourth-order valence-electron chi connectivity index (χ4n) is 2.36. The van der Waals surface area contributed by atoms with Gasteiger partial charge < -0.3 is 10.1 Å². The molecule has 0 unspecified atom stereocenters. The molecule has 1 N–H and O–H groups in total. The number of carbonyl (C=O) groups excluding carboxylic acids is 2. The van der Waals surface area contributed by atoms with Crippen molar-refractivity contribution in [3.8, 4) is 0 Å². The van der Waals surface area contributed by atoms with Gasteiger partial charge in [-0.3, -0.25) is 9.20 Å². The van der Waals surface area contributed by atoms with Gasteiger partial charge in [-0.05, 0) is 43.3 Å². The number of halogens is 2. The lowest BCUT2D eigenvalue weighted by Crippen LogP contribution is -2.29. The highest BCUT2D eigenvalue weighted by atomic mass is 35.5. The van der Waals surface area contributed by atoms with Gasteiger partial charge in [-0.2, -0.15) is 0 Å². The third-order valence-electron chi connectivity index (χ3n) is 3.65. The van der Waals surface area contributed by atoms with Crippen LogP contribution < -0.4 is 5.32 Å². The molecule has 0 saturated heterocycles. The molecule has 2 heterocycles. The first kappa shape index (κ1) is 18.9. The first-order valence-corrected chi connectivity index (χ1v) is 8.77. The molecule has 0 aliphatic carbocycles. The molecule has 138 valence electrons. The van der Waals surface area contributed by atoms with Gasteiger partial charge in [0.2, 0.25) is 0 Å². The van der Waals surface area contributed by atoms with E-state index in [1.54, 1.807) is 40.9 Å². The molecule has 2 aromatic heterocycles. The number of hydrogen-bond acceptors (Lipinski definition) is 4. The Hall–Kier alpha value is -2.83. The van der Waals surface area contributed by atoms with Crippen molar-refractivity contribution in [2.45, 2.75) is 13.0 Å². The number of pyridine rings is 1. The number of carbonyl (C=O) groups is 2. The van der Waals surface area contributed by atoms with Crippen LogP contribution in [0.15, 0.2) is 54.7 Å². The third kappa shape index (κ3) is 4.67. The van der Waals surface area contributed by atoms with E-state index in [9.17, 15) is 9.59 Å². The maximum Gasteiger partial charge on any atom is 0.331 e. The van der Waals surface area contributed by atoms with E-state index in [1.165, 1.54) is 19.1 Å². The van der Waals surface area contributed by atoms with Gasteiger partial charge in [-0.25, -0.2) is 9.78 Å². The van der Waals surface area contributed by atoms with Gasteiger partial charge in [0.1, 0.15) is 5.65 Å². The molecule has 0 aliphatic rings. The Kier molecular flexibility index (Phi) is 5.78. The van der Waals surface area contributed by atoms with Crippen LogP contribution in [0, 0.1) is 0 Å². The van der Waals surface area contributed by atoms with Crippen molar-refractivity contribution in [3.63, 3.8) is 0 Å². The maximum atomic E-state index is 12.1. The summed E-state index contributed by atoms with van der Waals surface area (Å²) in [7, 11) is 0. The normalized spacial score (nSPS) is 12.3. The number of amides is 1. The molecule has 8 heteroatoms. The number of hydrogen-bond donors (Lipinski definition) is 1. The van der Waals surface area contributed by atoms with Crippen molar-refractivity contribution in [1.82, 2.24) is 9.38 Å². The number of ether oxygens (including phenoxy) is 1. The lowest BCUT2D eigenvalue weighted by atomic mass is 10.3. The third-order valence-corrected chi connectivity index (χ3v) is 4.17. The van der Waals surface area contributed by atoms with Crippen LogP contribution in [0.5, 0.6) is 0 Å². The molecule has 0 aliphatic heterocycles. The number of esters is 1. The van der Waals surface area contributed by atoms with Crippen molar-refractivity contribution < 1.29 is 14.3 Å². The molecule has 1 atom stereocenters. The topological polar surface area (TPSA) is 72.7 Å². The van der Waals surface area contributed by atoms with Gasteiger partial charge in [0, 0.05) is 23.0 Å². The Labute approximate surface area is 165 Å². The van der Waals surface area contributed by atoms with Gasteiger partial charge in [-0.15, -0.1) is 0 Å². The Morgan fingerprint density at radius 3 is 2.81 bits per heavy atom. The lowest BCUT2D eigenvalue weighted by molar-refractivity contribution is -0.148. The van der Waals surface area contributed by atoms with Crippen LogP contribution in [-0.4, -0.2) is 27.4 Å². The van der Waals surface area contributed by atoms with Crippen LogP contribution >= 0.6 is 23.2 Å². The summed E-state index contributed by atoms with van der Waals surface area (Å²) in [5.41, 5.74) is 1.72. The van der Waals surface area contributed by atoms with Crippen LogP contribution in [0.4, 0.5) is 5.69 Å². The zero-order valence-electron chi connectivity index (χ0n) is 14.2. The molecule has 1 amide bonds. The monoisotopic (exact) mass is 403 g/mol. The van der Waals surface area contributed by atoms with Crippen LogP contribution in [-0.2, 0) is 14.3 Å². The molecule has 3 rings (SSSR count). The van der Waals surface area contributed by atoms with E-state index in [4.69, 9.17) is 27.9 Å². The molecule has 0 fully saturated rings. The summed E-state index contributed by atoms with van der Waals surface area (Å²) in [6.45, 7) is 1.48. The number of aromatic nitrogens is 2. The molecule has 27 heavy (non-hydrogen) atoms. The summed E-state index contributed by atoms with van der Waals surface area (Å²) in [6, 6.07) is 12.1. The smallest absolute Gasteiger partial charge is 0.331 e. The minimum Gasteiger partial charge on any atom is -0.449 e.